The minimum atomic E-state index is 0.704. The van der Waals surface area contributed by atoms with Crippen molar-refractivity contribution in [2.45, 2.75) is 19.8 Å². The lowest BCUT2D eigenvalue weighted by molar-refractivity contribution is 0.292. The summed E-state index contributed by atoms with van der Waals surface area (Å²) in [4.78, 5) is 0. The molecule has 0 saturated heterocycles. The lowest BCUT2D eigenvalue weighted by atomic mass is 10.2. The first-order valence-corrected chi connectivity index (χ1v) is 7.41. The molecule has 0 atom stereocenters. The molecule has 2 aromatic rings. The Kier molecular flexibility index (Phi) is 6.10. The summed E-state index contributed by atoms with van der Waals surface area (Å²) in [6.45, 7) is 3.76. The molecule has 0 unspecified atom stereocenters. The fourth-order valence-electron chi connectivity index (χ4n) is 2.03. The number of ether oxygens (including phenoxy) is 2. The second-order valence-electron chi connectivity index (χ2n) is 4.97. The zero-order valence-electron chi connectivity index (χ0n) is 12.8. The molecule has 21 heavy (non-hydrogen) atoms. The van der Waals surface area contributed by atoms with Gasteiger partial charge in [0.15, 0.2) is 11.5 Å². The summed E-state index contributed by atoms with van der Waals surface area (Å²) < 4.78 is 11.8. The van der Waals surface area contributed by atoms with Crippen LogP contribution >= 0.6 is 0 Å². The molecule has 0 amide bonds. The van der Waals surface area contributed by atoms with Gasteiger partial charge in [-0.3, -0.25) is 0 Å². The third-order valence-electron chi connectivity index (χ3n) is 3.24. The number of hydrogen-bond acceptors (Lipinski definition) is 3. The Balaban J connectivity index is 1.98. The molecule has 3 nitrogen and oxygen atoms in total. The van der Waals surface area contributed by atoms with E-state index in [1.54, 1.807) is 0 Å². The molecular formula is C18H23NO2. The van der Waals surface area contributed by atoms with Gasteiger partial charge in [0.25, 0.3) is 0 Å². The Hall–Kier alpha value is -2.00. The predicted octanol–water partition coefficient (Wildman–Crippen LogP) is 4.17. The van der Waals surface area contributed by atoms with Gasteiger partial charge >= 0.3 is 0 Å². The molecule has 2 rings (SSSR count). The van der Waals surface area contributed by atoms with Crippen molar-refractivity contribution in [3.8, 4) is 17.2 Å². The molecule has 0 fully saturated rings. The van der Waals surface area contributed by atoms with Crippen LogP contribution in [0.15, 0.2) is 48.5 Å². The van der Waals surface area contributed by atoms with Crippen molar-refractivity contribution >= 4 is 0 Å². The topological polar surface area (TPSA) is 30.5 Å². The maximum atomic E-state index is 5.98. The largest absolute Gasteiger partial charge is 0.490 e. The molecule has 3 heteroatoms. The van der Waals surface area contributed by atoms with E-state index >= 15 is 0 Å². The van der Waals surface area contributed by atoms with Gasteiger partial charge in [0.2, 0.25) is 0 Å². The Morgan fingerprint density at radius 3 is 2.24 bits per heavy atom. The summed E-state index contributed by atoms with van der Waals surface area (Å²) in [5, 5.41) is 3.14. The van der Waals surface area contributed by atoms with E-state index in [-0.39, 0.29) is 0 Å². The first kappa shape index (κ1) is 15.4. The van der Waals surface area contributed by atoms with Crippen LogP contribution in [0.1, 0.15) is 18.4 Å². The minimum absolute atomic E-state index is 0.704. The number of aryl methyl sites for hydroxylation is 1. The second kappa shape index (κ2) is 8.32. The van der Waals surface area contributed by atoms with Crippen molar-refractivity contribution < 1.29 is 9.47 Å². The van der Waals surface area contributed by atoms with Crippen LogP contribution in [0, 0.1) is 6.92 Å². The van der Waals surface area contributed by atoms with E-state index in [1.807, 2.05) is 62.5 Å². The summed E-state index contributed by atoms with van der Waals surface area (Å²) >= 11 is 0. The molecule has 0 aliphatic carbocycles. The molecule has 0 spiro atoms. The van der Waals surface area contributed by atoms with Crippen molar-refractivity contribution in [2.75, 3.05) is 20.2 Å². The van der Waals surface area contributed by atoms with E-state index in [9.17, 15) is 0 Å². The van der Waals surface area contributed by atoms with Gasteiger partial charge in [-0.05, 0) is 57.1 Å². The van der Waals surface area contributed by atoms with Gasteiger partial charge in [0, 0.05) is 0 Å². The summed E-state index contributed by atoms with van der Waals surface area (Å²) in [5.41, 5.74) is 1.11. The lowest BCUT2D eigenvalue weighted by Gasteiger charge is -2.13. The standard InChI is InChI=1S/C18H23NO2/c1-15-9-3-4-10-16(15)21-18-12-6-5-11-17(18)20-14-8-7-13-19-2/h3-6,9-12,19H,7-8,13-14H2,1-2H3. The predicted molar refractivity (Wildman–Crippen MR) is 86.4 cm³/mol. The lowest BCUT2D eigenvalue weighted by Crippen LogP contribution is -2.09. The summed E-state index contributed by atoms with van der Waals surface area (Å²) in [5.74, 6) is 2.43. The average molecular weight is 285 g/mol. The third-order valence-corrected chi connectivity index (χ3v) is 3.24. The van der Waals surface area contributed by atoms with E-state index in [4.69, 9.17) is 9.47 Å². The van der Waals surface area contributed by atoms with Crippen molar-refractivity contribution in [3.05, 3.63) is 54.1 Å². The molecule has 0 bridgehead atoms. The highest BCUT2D eigenvalue weighted by molar-refractivity contribution is 5.44. The number of nitrogens with one attached hydrogen (secondary N) is 1. The van der Waals surface area contributed by atoms with Crippen molar-refractivity contribution in [2.24, 2.45) is 0 Å². The molecule has 1 N–H and O–H groups in total. The fourth-order valence-corrected chi connectivity index (χ4v) is 2.03. The van der Waals surface area contributed by atoms with Gasteiger partial charge in [0.05, 0.1) is 6.61 Å². The van der Waals surface area contributed by atoms with Gasteiger partial charge in [-0.2, -0.15) is 0 Å². The highest BCUT2D eigenvalue weighted by atomic mass is 16.5. The van der Waals surface area contributed by atoms with Gasteiger partial charge in [-0.15, -0.1) is 0 Å². The van der Waals surface area contributed by atoms with E-state index in [2.05, 4.69) is 5.32 Å². The average Bonchev–Trinajstić information content (AvgIpc) is 2.51. The maximum absolute atomic E-state index is 5.98. The summed E-state index contributed by atoms with van der Waals surface area (Å²) in [7, 11) is 1.96. The van der Waals surface area contributed by atoms with Crippen LogP contribution in [-0.4, -0.2) is 20.2 Å². The first-order chi connectivity index (χ1) is 10.3. The Morgan fingerprint density at radius 1 is 0.857 bits per heavy atom. The van der Waals surface area contributed by atoms with Crippen LogP contribution in [0.2, 0.25) is 0 Å². The van der Waals surface area contributed by atoms with Crippen LogP contribution in [-0.2, 0) is 0 Å². The number of unbranched alkanes of at least 4 members (excludes halogenated alkanes) is 1. The van der Waals surface area contributed by atoms with Gasteiger partial charge in [-0.25, -0.2) is 0 Å². The SMILES string of the molecule is CNCCCCOc1ccccc1Oc1ccccc1C. The number of hydrogen-bond donors (Lipinski definition) is 1. The van der Waals surface area contributed by atoms with Crippen molar-refractivity contribution in [3.63, 3.8) is 0 Å². The van der Waals surface area contributed by atoms with Gasteiger partial charge < -0.3 is 14.8 Å². The fraction of sp³-hybridized carbons (Fsp3) is 0.333. The van der Waals surface area contributed by atoms with Crippen LogP contribution < -0.4 is 14.8 Å². The smallest absolute Gasteiger partial charge is 0.169 e. The molecule has 0 radical (unpaired) electrons. The monoisotopic (exact) mass is 285 g/mol. The molecule has 0 heterocycles. The highest BCUT2D eigenvalue weighted by Gasteiger charge is 2.06. The molecule has 0 saturated carbocycles. The molecule has 0 aliphatic heterocycles. The van der Waals surface area contributed by atoms with Crippen molar-refractivity contribution in [1.82, 2.24) is 5.32 Å². The van der Waals surface area contributed by atoms with Crippen molar-refractivity contribution in [1.29, 1.82) is 0 Å². The van der Waals surface area contributed by atoms with Crippen LogP contribution in [0.25, 0.3) is 0 Å². The van der Waals surface area contributed by atoms with Crippen LogP contribution in [0.5, 0.6) is 17.2 Å². The maximum Gasteiger partial charge on any atom is 0.169 e. The Morgan fingerprint density at radius 2 is 1.52 bits per heavy atom. The van der Waals surface area contributed by atoms with Gasteiger partial charge in [-0.1, -0.05) is 30.3 Å². The third kappa shape index (κ3) is 4.80. The molecule has 0 aliphatic rings. The highest BCUT2D eigenvalue weighted by Crippen LogP contribution is 2.32. The first-order valence-electron chi connectivity index (χ1n) is 7.41. The zero-order valence-corrected chi connectivity index (χ0v) is 12.8. The Bertz CT molecular complexity index is 554. The number of rotatable bonds is 8. The van der Waals surface area contributed by atoms with Gasteiger partial charge in [0.1, 0.15) is 5.75 Å². The summed E-state index contributed by atoms with van der Waals surface area (Å²) in [6.07, 6.45) is 2.14. The normalized spacial score (nSPS) is 10.4. The van der Waals surface area contributed by atoms with Crippen LogP contribution in [0.3, 0.4) is 0 Å². The van der Waals surface area contributed by atoms with Crippen LogP contribution in [0.4, 0.5) is 0 Å². The second-order valence-corrected chi connectivity index (χ2v) is 4.97. The minimum Gasteiger partial charge on any atom is -0.490 e. The zero-order chi connectivity index (χ0) is 14.9. The van der Waals surface area contributed by atoms with E-state index in [0.717, 1.165) is 42.2 Å². The molecule has 112 valence electrons. The molecular weight excluding hydrogens is 262 g/mol. The number of benzene rings is 2. The quantitative estimate of drug-likeness (QED) is 0.739. The van der Waals surface area contributed by atoms with E-state index < -0.39 is 0 Å². The molecule has 2 aromatic carbocycles. The summed E-state index contributed by atoms with van der Waals surface area (Å²) in [6, 6.07) is 15.8. The van der Waals surface area contributed by atoms with E-state index in [1.165, 1.54) is 0 Å². The Labute approximate surface area is 126 Å². The van der Waals surface area contributed by atoms with E-state index in [0.29, 0.717) is 6.61 Å². The number of para-hydroxylation sites is 3. The molecule has 0 aromatic heterocycles.